The first-order chi connectivity index (χ1) is 10.9. The Balaban J connectivity index is 1.92. The molecule has 0 radical (unpaired) electrons. The number of pyridine rings is 1. The summed E-state index contributed by atoms with van der Waals surface area (Å²) in [4.78, 5) is 23.0. The average Bonchev–Trinajstić information content (AvgIpc) is 2.89. The van der Waals surface area contributed by atoms with Crippen molar-refractivity contribution in [3.8, 4) is 0 Å². The van der Waals surface area contributed by atoms with Crippen LogP contribution in [0.3, 0.4) is 0 Å². The van der Waals surface area contributed by atoms with Crippen LogP contribution in [0.4, 0.5) is 14.5 Å². The van der Waals surface area contributed by atoms with E-state index in [9.17, 15) is 18.4 Å². The molecule has 8 heteroatoms. The third kappa shape index (κ3) is 2.86. The summed E-state index contributed by atoms with van der Waals surface area (Å²) in [5, 5.41) is 12.1. The lowest BCUT2D eigenvalue weighted by Crippen LogP contribution is -2.27. The quantitative estimate of drug-likeness (QED) is 0.853. The van der Waals surface area contributed by atoms with Gasteiger partial charge in [0.2, 0.25) is 0 Å². The van der Waals surface area contributed by atoms with E-state index in [0.29, 0.717) is 4.47 Å². The molecular formula is C15H11BrF2N2O3. The van der Waals surface area contributed by atoms with Gasteiger partial charge >= 0.3 is 5.97 Å². The van der Waals surface area contributed by atoms with Crippen LogP contribution in [-0.2, 0) is 13.0 Å². The number of carboxylic acids is 1. The zero-order valence-corrected chi connectivity index (χ0v) is 13.2. The lowest BCUT2D eigenvalue weighted by Gasteiger charge is -2.13. The van der Waals surface area contributed by atoms with Gasteiger partial charge in [0.05, 0.1) is 11.3 Å². The van der Waals surface area contributed by atoms with Crippen LogP contribution in [0.25, 0.3) is 0 Å². The summed E-state index contributed by atoms with van der Waals surface area (Å²) >= 11 is 3.16. The maximum atomic E-state index is 13.9. The predicted molar refractivity (Wildman–Crippen MR) is 82.8 cm³/mol. The molecule has 2 N–H and O–H groups in total. The first kappa shape index (κ1) is 15.7. The summed E-state index contributed by atoms with van der Waals surface area (Å²) in [5.74, 6) is -2.89. The third-order valence-electron chi connectivity index (χ3n) is 3.72. The predicted octanol–water partition coefficient (Wildman–Crippen LogP) is 2.62. The molecule has 1 aliphatic rings. The van der Waals surface area contributed by atoms with Gasteiger partial charge in [-0.05, 0) is 24.3 Å². The van der Waals surface area contributed by atoms with Crippen molar-refractivity contribution in [2.45, 2.75) is 19.0 Å². The van der Waals surface area contributed by atoms with Crippen LogP contribution in [0.15, 0.2) is 33.5 Å². The van der Waals surface area contributed by atoms with Crippen LogP contribution in [0, 0.1) is 11.6 Å². The van der Waals surface area contributed by atoms with E-state index in [-0.39, 0.29) is 29.9 Å². The number of carbonyl (C=O) groups is 1. The van der Waals surface area contributed by atoms with Crippen LogP contribution in [0.2, 0.25) is 0 Å². The molecule has 0 fully saturated rings. The molecule has 23 heavy (non-hydrogen) atoms. The van der Waals surface area contributed by atoms with E-state index in [2.05, 4.69) is 21.2 Å². The van der Waals surface area contributed by atoms with Crippen molar-refractivity contribution in [1.82, 2.24) is 4.57 Å². The zero-order chi connectivity index (χ0) is 16.7. The van der Waals surface area contributed by atoms with E-state index >= 15 is 0 Å². The molecule has 0 amide bonds. The fourth-order valence-electron chi connectivity index (χ4n) is 2.71. The summed E-state index contributed by atoms with van der Waals surface area (Å²) in [6.45, 7) is 0.0711. The Labute approximate surface area is 137 Å². The number of hydrogen-bond donors (Lipinski definition) is 2. The molecule has 5 nitrogen and oxygen atoms in total. The standard InChI is InChI=1S/C15H11BrF2N2O3/c16-7-1-2-12(10(17)3-7)19-8-4-13-9(15(22)23)5-11(18)14(21)20(13)6-8/h1-3,5,8,19H,4,6H2,(H,22,23). The normalized spacial score (nSPS) is 16.2. The fourth-order valence-corrected chi connectivity index (χ4v) is 3.04. The van der Waals surface area contributed by atoms with Crippen molar-refractivity contribution in [3.63, 3.8) is 0 Å². The SMILES string of the molecule is O=C(O)c1cc(F)c(=O)n2c1CC(Nc1ccc(Br)cc1F)C2. The molecule has 2 heterocycles. The van der Waals surface area contributed by atoms with Crippen LogP contribution >= 0.6 is 15.9 Å². The summed E-state index contributed by atoms with van der Waals surface area (Å²) in [7, 11) is 0. The summed E-state index contributed by atoms with van der Waals surface area (Å²) in [5.41, 5.74) is -0.649. The van der Waals surface area contributed by atoms with E-state index in [4.69, 9.17) is 5.11 Å². The highest BCUT2D eigenvalue weighted by atomic mass is 79.9. The Morgan fingerprint density at radius 2 is 2.04 bits per heavy atom. The number of aromatic nitrogens is 1. The number of rotatable bonds is 3. The van der Waals surface area contributed by atoms with Crippen molar-refractivity contribution in [2.24, 2.45) is 0 Å². The molecule has 1 aliphatic heterocycles. The topological polar surface area (TPSA) is 71.3 Å². The first-order valence-electron chi connectivity index (χ1n) is 6.74. The van der Waals surface area contributed by atoms with Crippen LogP contribution in [-0.4, -0.2) is 21.7 Å². The van der Waals surface area contributed by atoms with E-state index in [1.54, 1.807) is 6.07 Å². The minimum absolute atomic E-state index is 0.0711. The minimum Gasteiger partial charge on any atom is -0.478 e. The smallest absolute Gasteiger partial charge is 0.337 e. The van der Waals surface area contributed by atoms with Gasteiger partial charge < -0.3 is 15.0 Å². The van der Waals surface area contributed by atoms with Gasteiger partial charge in [0.1, 0.15) is 5.82 Å². The Morgan fingerprint density at radius 1 is 1.30 bits per heavy atom. The molecule has 0 aliphatic carbocycles. The number of carboxylic acid groups (broad SMARTS) is 1. The average molecular weight is 385 g/mol. The molecule has 0 bridgehead atoms. The van der Waals surface area contributed by atoms with E-state index in [0.717, 1.165) is 10.6 Å². The minimum atomic E-state index is -1.30. The van der Waals surface area contributed by atoms with Crippen molar-refractivity contribution >= 4 is 27.6 Å². The number of anilines is 1. The third-order valence-corrected chi connectivity index (χ3v) is 4.21. The highest BCUT2D eigenvalue weighted by Crippen LogP contribution is 2.24. The van der Waals surface area contributed by atoms with Gasteiger partial charge in [-0.15, -0.1) is 0 Å². The molecule has 0 spiro atoms. The molecule has 1 atom stereocenters. The molecule has 1 unspecified atom stereocenters. The molecule has 1 aromatic heterocycles. The lowest BCUT2D eigenvalue weighted by molar-refractivity contribution is 0.0694. The van der Waals surface area contributed by atoms with E-state index in [1.807, 2.05) is 0 Å². The largest absolute Gasteiger partial charge is 0.478 e. The molecular weight excluding hydrogens is 374 g/mol. The number of hydrogen-bond acceptors (Lipinski definition) is 3. The molecule has 0 saturated heterocycles. The Kier molecular flexibility index (Phi) is 3.93. The maximum absolute atomic E-state index is 13.9. The maximum Gasteiger partial charge on any atom is 0.337 e. The second-order valence-corrected chi connectivity index (χ2v) is 6.16. The van der Waals surface area contributed by atoms with Gasteiger partial charge in [-0.1, -0.05) is 15.9 Å². The number of fused-ring (bicyclic) bond motifs is 1. The van der Waals surface area contributed by atoms with E-state index < -0.39 is 29.2 Å². The summed E-state index contributed by atoms with van der Waals surface area (Å²) in [6, 6.07) is 4.81. The van der Waals surface area contributed by atoms with Crippen LogP contribution < -0.4 is 10.9 Å². The van der Waals surface area contributed by atoms with E-state index in [1.165, 1.54) is 12.1 Å². The van der Waals surface area contributed by atoms with Gasteiger partial charge in [-0.3, -0.25) is 4.79 Å². The number of halogens is 3. The Hall–Kier alpha value is -2.22. The Morgan fingerprint density at radius 3 is 2.70 bits per heavy atom. The second kappa shape index (κ2) is 5.77. The number of aromatic carboxylic acids is 1. The summed E-state index contributed by atoms with van der Waals surface area (Å²) < 4.78 is 29.1. The van der Waals surface area contributed by atoms with Gasteiger partial charge in [0, 0.05) is 29.2 Å². The Bertz CT molecular complexity index is 867. The first-order valence-corrected chi connectivity index (χ1v) is 7.53. The molecule has 120 valence electrons. The van der Waals surface area contributed by atoms with Gasteiger partial charge in [-0.2, -0.15) is 0 Å². The molecule has 0 saturated carbocycles. The number of nitrogens with one attached hydrogen (secondary N) is 1. The molecule has 1 aromatic carbocycles. The van der Waals surface area contributed by atoms with Crippen molar-refractivity contribution in [3.05, 3.63) is 62.0 Å². The highest BCUT2D eigenvalue weighted by molar-refractivity contribution is 9.10. The van der Waals surface area contributed by atoms with Crippen LogP contribution in [0.1, 0.15) is 16.1 Å². The van der Waals surface area contributed by atoms with Gasteiger partial charge in [0.15, 0.2) is 5.82 Å². The van der Waals surface area contributed by atoms with Crippen molar-refractivity contribution in [1.29, 1.82) is 0 Å². The lowest BCUT2D eigenvalue weighted by atomic mass is 10.1. The van der Waals surface area contributed by atoms with Crippen molar-refractivity contribution in [2.75, 3.05) is 5.32 Å². The molecule has 3 rings (SSSR count). The number of nitrogens with zero attached hydrogens (tertiary/aromatic N) is 1. The van der Waals surface area contributed by atoms with Crippen LogP contribution in [0.5, 0.6) is 0 Å². The summed E-state index contributed by atoms with van der Waals surface area (Å²) in [6.07, 6.45) is 0.187. The number of benzene rings is 1. The van der Waals surface area contributed by atoms with Crippen molar-refractivity contribution < 1.29 is 18.7 Å². The molecule has 2 aromatic rings. The van der Waals surface area contributed by atoms with Gasteiger partial charge in [-0.25, -0.2) is 13.6 Å². The monoisotopic (exact) mass is 384 g/mol. The fraction of sp³-hybridized carbons (Fsp3) is 0.200. The van der Waals surface area contributed by atoms with Gasteiger partial charge in [0.25, 0.3) is 5.56 Å². The zero-order valence-electron chi connectivity index (χ0n) is 11.6. The second-order valence-electron chi connectivity index (χ2n) is 5.24. The highest BCUT2D eigenvalue weighted by Gasteiger charge is 2.29.